The summed E-state index contributed by atoms with van der Waals surface area (Å²) in [4.78, 5) is 22.2. The van der Waals surface area contributed by atoms with E-state index < -0.39 is 12.1 Å². The van der Waals surface area contributed by atoms with Gasteiger partial charge in [0.25, 0.3) is 0 Å². The second-order valence-corrected chi connectivity index (χ2v) is 5.08. The van der Waals surface area contributed by atoms with E-state index >= 15 is 0 Å². The maximum absolute atomic E-state index is 11.6. The molecular weight excluding hydrogens is 262 g/mol. The van der Waals surface area contributed by atoms with Gasteiger partial charge >= 0.3 is 6.09 Å². The monoisotopic (exact) mass is 275 g/mol. The van der Waals surface area contributed by atoms with Crippen molar-refractivity contribution < 1.29 is 14.7 Å². The number of hydrogen-bond acceptors (Lipinski definition) is 2. The van der Waals surface area contributed by atoms with Crippen LogP contribution in [-0.4, -0.2) is 28.4 Å². The molecule has 0 aromatic carbocycles. The molecule has 0 aromatic rings. The van der Waals surface area contributed by atoms with Crippen LogP contribution >= 0.6 is 15.9 Å². The molecule has 0 aliphatic heterocycles. The zero-order valence-corrected chi connectivity index (χ0v) is 9.87. The van der Waals surface area contributed by atoms with Gasteiger partial charge in [0.15, 0.2) is 5.78 Å². The number of carbonyl (C=O) groups excluding carboxylic acids is 1. The van der Waals surface area contributed by atoms with Crippen LogP contribution in [0.2, 0.25) is 0 Å². The molecule has 15 heavy (non-hydrogen) atoms. The van der Waals surface area contributed by atoms with Crippen molar-refractivity contribution in [2.75, 3.05) is 5.33 Å². The number of carbonyl (C=O) groups is 2. The summed E-state index contributed by atoms with van der Waals surface area (Å²) < 4.78 is 0. The summed E-state index contributed by atoms with van der Waals surface area (Å²) in [6.45, 7) is 0. The average Bonchev–Trinajstić information content (AvgIpc) is 2.81. The van der Waals surface area contributed by atoms with Gasteiger partial charge in [0.2, 0.25) is 0 Å². The molecule has 5 heteroatoms. The van der Waals surface area contributed by atoms with Gasteiger partial charge in [-0.05, 0) is 37.0 Å². The van der Waals surface area contributed by atoms with Gasteiger partial charge in [-0.1, -0.05) is 15.9 Å². The molecular formula is C10H14BrNO3. The Morgan fingerprint density at radius 2 is 1.93 bits per heavy atom. The Hall–Kier alpha value is -0.580. The predicted molar refractivity (Wildman–Crippen MR) is 58.1 cm³/mol. The first-order chi connectivity index (χ1) is 7.11. The summed E-state index contributed by atoms with van der Waals surface area (Å²) in [6.07, 6.45) is 2.19. The van der Waals surface area contributed by atoms with E-state index in [1.165, 1.54) is 6.42 Å². The lowest BCUT2D eigenvalue weighted by molar-refractivity contribution is -0.119. The number of carboxylic acid groups (broad SMARTS) is 1. The largest absolute Gasteiger partial charge is 0.465 e. The van der Waals surface area contributed by atoms with Crippen molar-refractivity contribution in [3.05, 3.63) is 0 Å². The lowest BCUT2D eigenvalue weighted by atomic mass is 9.92. The molecule has 2 rings (SSSR count). The van der Waals surface area contributed by atoms with Crippen molar-refractivity contribution in [2.45, 2.75) is 25.3 Å². The standard InChI is InChI=1S/C10H14BrNO3/c11-4-8(13)9(12-10(14)15)7-2-5-1-6(5)3-7/h5-7,9,12H,1-4H2,(H,14,15)/t5-,6+,7?,9-/m1/s1. The minimum atomic E-state index is -1.10. The molecule has 2 saturated carbocycles. The molecule has 0 radical (unpaired) electrons. The molecule has 0 bridgehead atoms. The fourth-order valence-corrected chi connectivity index (χ4v) is 3.06. The second-order valence-electron chi connectivity index (χ2n) is 4.51. The summed E-state index contributed by atoms with van der Waals surface area (Å²) >= 11 is 3.10. The highest BCUT2D eigenvalue weighted by Crippen LogP contribution is 2.55. The van der Waals surface area contributed by atoms with Gasteiger partial charge in [-0.2, -0.15) is 0 Å². The number of amides is 1. The van der Waals surface area contributed by atoms with Crippen LogP contribution in [0.3, 0.4) is 0 Å². The van der Waals surface area contributed by atoms with E-state index in [1.807, 2.05) is 0 Å². The minimum absolute atomic E-state index is 0.0521. The molecule has 0 spiro atoms. The molecule has 2 N–H and O–H groups in total. The van der Waals surface area contributed by atoms with Gasteiger partial charge in [0, 0.05) is 0 Å². The lowest BCUT2D eigenvalue weighted by Crippen LogP contribution is -2.45. The Morgan fingerprint density at radius 1 is 1.33 bits per heavy atom. The molecule has 1 unspecified atom stereocenters. The number of nitrogens with one attached hydrogen (secondary N) is 1. The molecule has 1 amide bonds. The highest BCUT2D eigenvalue weighted by molar-refractivity contribution is 9.09. The molecule has 0 saturated heterocycles. The molecule has 0 heterocycles. The molecule has 0 aromatic heterocycles. The van der Waals surface area contributed by atoms with Gasteiger partial charge in [0.05, 0.1) is 11.4 Å². The van der Waals surface area contributed by atoms with E-state index in [0.29, 0.717) is 0 Å². The summed E-state index contributed by atoms with van der Waals surface area (Å²) in [5.74, 6) is 1.69. The second kappa shape index (κ2) is 4.12. The number of rotatable bonds is 4. The van der Waals surface area contributed by atoms with Crippen LogP contribution in [0.4, 0.5) is 4.79 Å². The third-order valence-electron chi connectivity index (χ3n) is 3.51. The Morgan fingerprint density at radius 3 is 2.40 bits per heavy atom. The topological polar surface area (TPSA) is 66.4 Å². The molecule has 4 nitrogen and oxygen atoms in total. The zero-order chi connectivity index (χ0) is 11.0. The lowest BCUT2D eigenvalue weighted by Gasteiger charge is -2.22. The van der Waals surface area contributed by atoms with Crippen molar-refractivity contribution in [1.29, 1.82) is 0 Å². The summed E-state index contributed by atoms with van der Waals surface area (Å²) in [6, 6.07) is -0.505. The third kappa shape index (κ3) is 2.33. The Kier molecular flexibility index (Phi) is 3.00. The van der Waals surface area contributed by atoms with Crippen molar-refractivity contribution in [3.63, 3.8) is 0 Å². The first kappa shape index (κ1) is 10.9. The fraction of sp³-hybridized carbons (Fsp3) is 0.800. The molecule has 4 atom stereocenters. The zero-order valence-electron chi connectivity index (χ0n) is 8.28. The predicted octanol–water partition coefficient (Wildman–Crippen LogP) is 1.63. The van der Waals surface area contributed by atoms with Crippen LogP contribution in [0.5, 0.6) is 0 Å². The first-order valence-electron chi connectivity index (χ1n) is 5.20. The molecule has 2 fully saturated rings. The average molecular weight is 276 g/mol. The number of halogens is 1. The van der Waals surface area contributed by atoms with E-state index in [1.54, 1.807) is 0 Å². The van der Waals surface area contributed by atoms with Crippen molar-refractivity contribution in [3.8, 4) is 0 Å². The molecule has 2 aliphatic rings. The van der Waals surface area contributed by atoms with Crippen LogP contribution in [0.15, 0.2) is 0 Å². The van der Waals surface area contributed by atoms with Crippen LogP contribution in [0.1, 0.15) is 19.3 Å². The van der Waals surface area contributed by atoms with Crippen LogP contribution < -0.4 is 5.32 Å². The van der Waals surface area contributed by atoms with Crippen molar-refractivity contribution in [1.82, 2.24) is 5.32 Å². The Bertz CT molecular complexity index is 284. The summed E-state index contributed by atoms with van der Waals surface area (Å²) in [5.41, 5.74) is 0. The number of Topliss-reactive ketones (excluding diaryl/α,β-unsaturated/α-hetero) is 1. The van der Waals surface area contributed by atoms with E-state index in [0.717, 1.165) is 24.7 Å². The van der Waals surface area contributed by atoms with Crippen molar-refractivity contribution in [2.24, 2.45) is 17.8 Å². The van der Waals surface area contributed by atoms with Crippen LogP contribution in [-0.2, 0) is 4.79 Å². The van der Waals surface area contributed by atoms with Gasteiger partial charge in [0.1, 0.15) is 0 Å². The summed E-state index contributed by atoms with van der Waals surface area (Å²) in [7, 11) is 0. The van der Waals surface area contributed by atoms with Gasteiger partial charge in [-0.15, -0.1) is 0 Å². The molecule has 84 valence electrons. The normalized spacial score (nSPS) is 34.3. The van der Waals surface area contributed by atoms with Crippen LogP contribution in [0.25, 0.3) is 0 Å². The third-order valence-corrected chi connectivity index (χ3v) is 4.06. The highest BCUT2D eigenvalue weighted by atomic mass is 79.9. The van der Waals surface area contributed by atoms with E-state index in [4.69, 9.17) is 5.11 Å². The smallest absolute Gasteiger partial charge is 0.405 e. The quantitative estimate of drug-likeness (QED) is 0.767. The van der Waals surface area contributed by atoms with Crippen LogP contribution in [0, 0.1) is 17.8 Å². The van der Waals surface area contributed by atoms with E-state index in [9.17, 15) is 9.59 Å². The maximum atomic E-state index is 11.6. The Balaban J connectivity index is 1.97. The highest BCUT2D eigenvalue weighted by Gasteiger charge is 2.49. The fourth-order valence-electron chi connectivity index (χ4n) is 2.71. The van der Waals surface area contributed by atoms with E-state index in [-0.39, 0.29) is 17.0 Å². The molecule has 2 aliphatic carbocycles. The summed E-state index contributed by atoms with van der Waals surface area (Å²) in [5, 5.41) is 11.3. The first-order valence-corrected chi connectivity index (χ1v) is 6.32. The minimum Gasteiger partial charge on any atom is -0.465 e. The van der Waals surface area contributed by atoms with Gasteiger partial charge < -0.3 is 10.4 Å². The van der Waals surface area contributed by atoms with Gasteiger partial charge in [-0.25, -0.2) is 4.79 Å². The number of fused-ring (bicyclic) bond motifs is 1. The van der Waals surface area contributed by atoms with Gasteiger partial charge in [-0.3, -0.25) is 4.79 Å². The SMILES string of the molecule is O=C(O)N[C@@H](C(=O)CBr)C1C[C@@H]2C[C@@H]2C1. The van der Waals surface area contributed by atoms with E-state index in [2.05, 4.69) is 21.2 Å². The number of ketones is 1. The van der Waals surface area contributed by atoms with Crippen molar-refractivity contribution >= 4 is 27.8 Å². The number of alkyl halides is 1. The maximum Gasteiger partial charge on any atom is 0.405 e. The Labute approximate surface area is 96.5 Å². The number of hydrogen-bond donors (Lipinski definition) is 2.